The molecule has 126 valence electrons. The first-order chi connectivity index (χ1) is 11.4. The quantitative estimate of drug-likeness (QED) is 0.525. The molecule has 0 radical (unpaired) electrons. The first-order valence-electron chi connectivity index (χ1n) is 7.11. The Morgan fingerprint density at radius 1 is 1.29 bits per heavy atom. The minimum atomic E-state index is -0.679. The molecule has 0 spiro atoms. The molecule has 0 aliphatic heterocycles. The number of hydrogen-bond donors (Lipinski definition) is 2. The van der Waals surface area contributed by atoms with E-state index in [4.69, 9.17) is 4.74 Å². The molecule has 0 fully saturated rings. The maximum Gasteiger partial charge on any atom is 0.280 e. The van der Waals surface area contributed by atoms with Gasteiger partial charge in [0.1, 0.15) is 11.5 Å². The number of nitrogens with one attached hydrogen (secondary N) is 1. The first kappa shape index (κ1) is 18.5. The van der Waals surface area contributed by atoms with Crippen LogP contribution in [0.1, 0.15) is 18.1 Å². The predicted molar refractivity (Wildman–Crippen MR) is 101 cm³/mol. The molecule has 0 saturated carbocycles. The number of phenols is 1. The molecule has 0 aromatic heterocycles. The minimum absolute atomic E-state index is 0.108. The fraction of sp³-hybridized carbons (Fsp3) is 0.176. The van der Waals surface area contributed by atoms with Crippen LogP contribution in [-0.4, -0.2) is 23.3 Å². The molecule has 0 aliphatic carbocycles. The Balaban J connectivity index is 1.96. The van der Waals surface area contributed by atoms with Crippen molar-refractivity contribution in [2.24, 2.45) is 5.10 Å². The number of hydrogen-bond acceptors (Lipinski definition) is 4. The second-order valence-corrected chi connectivity index (χ2v) is 6.80. The average Bonchev–Trinajstić information content (AvgIpc) is 2.54. The lowest BCUT2D eigenvalue weighted by Crippen LogP contribution is -2.33. The van der Waals surface area contributed by atoms with Crippen molar-refractivity contribution in [3.8, 4) is 11.5 Å². The Hall–Kier alpha value is -1.86. The molecule has 1 amide bonds. The summed E-state index contributed by atoms with van der Waals surface area (Å²) in [5.74, 6) is 0.415. The summed E-state index contributed by atoms with van der Waals surface area (Å²) < 4.78 is 6.69. The highest BCUT2D eigenvalue weighted by molar-refractivity contribution is 9.11. The van der Waals surface area contributed by atoms with E-state index in [0.717, 1.165) is 5.56 Å². The van der Waals surface area contributed by atoms with Crippen molar-refractivity contribution in [1.29, 1.82) is 0 Å². The number of nitrogens with zero attached hydrogens (tertiary/aromatic N) is 1. The molecule has 0 bridgehead atoms. The van der Waals surface area contributed by atoms with Crippen molar-refractivity contribution in [2.45, 2.75) is 20.0 Å². The number of halogens is 2. The van der Waals surface area contributed by atoms with E-state index in [-0.39, 0.29) is 11.7 Å². The molecular formula is C17H16Br2N2O3. The molecule has 2 N–H and O–H groups in total. The summed E-state index contributed by atoms with van der Waals surface area (Å²) in [5.41, 5.74) is 4.10. The zero-order chi connectivity index (χ0) is 17.7. The molecule has 1 unspecified atom stereocenters. The van der Waals surface area contributed by atoms with Crippen molar-refractivity contribution in [1.82, 2.24) is 5.43 Å². The number of hydrazone groups is 1. The second kappa shape index (κ2) is 8.30. The van der Waals surface area contributed by atoms with E-state index in [1.807, 2.05) is 31.2 Å². The summed E-state index contributed by atoms with van der Waals surface area (Å²) >= 11 is 6.47. The van der Waals surface area contributed by atoms with Gasteiger partial charge in [0.05, 0.1) is 15.2 Å². The largest absolute Gasteiger partial charge is 0.506 e. The Morgan fingerprint density at radius 3 is 2.54 bits per heavy atom. The Kier molecular flexibility index (Phi) is 6.39. The summed E-state index contributed by atoms with van der Waals surface area (Å²) in [6.45, 7) is 3.57. The van der Waals surface area contributed by atoms with E-state index < -0.39 is 6.10 Å². The van der Waals surface area contributed by atoms with Crippen LogP contribution in [0.5, 0.6) is 11.5 Å². The van der Waals surface area contributed by atoms with Gasteiger partial charge < -0.3 is 9.84 Å². The van der Waals surface area contributed by atoms with Crippen LogP contribution in [0, 0.1) is 6.92 Å². The average molecular weight is 456 g/mol. The summed E-state index contributed by atoms with van der Waals surface area (Å²) in [5, 5.41) is 13.6. The summed E-state index contributed by atoms with van der Waals surface area (Å²) in [6.07, 6.45) is 0.800. The van der Waals surface area contributed by atoms with Gasteiger partial charge in [-0.25, -0.2) is 5.43 Å². The van der Waals surface area contributed by atoms with Crippen molar-refractivity contribution in [3.05, 3.63) is 56.5 Å². The Bertz CT molecular complexity index is 755. The standard InChI is InChI=1S/C17H16Br2N2O3/c1-10-5-3-4-6-15(10)24-11(2)17(23)21-20-9-12-7-13(18)16(22)14(19)8-12/h3-9,11,22H,1-2H3,(H,21,23)/b20-9-. The molecule has 7 heteroatoms. The zero-order valence-electron chi connectivity index (χ0n) is 13.1. The van der Waals surface area contributed by atoms with Crippen LogP contribution in [0.15, 0.2) is 50.4 Å². The molecule has 2 aromatic rings. The molecule has 0 saturated heterocycles. The third-order valence-corrected chi connectivity index (χ3v) is 4.40. The van der Waals surface area contributed by atoms with Crippen LogP contribution >= 0.6 is 31.9 Å². The number of para-hydroxylation sites is 1. The monoisotopic (exact) mass is 454 g/mol. The van der Waals surface area contributed by atoms with Crippen molar-refractivity contribution in [3.63, 3.8) is 0 Å². The number of amides is 1. The van der Waals surface area contributed by atoms with Crippen molar-refractivity contribution in [2.75, 3.05) is 0 Å². The lowest BCUT2D eigenvalue weighted by atomic mass is 10.2. The van der Waals surface area contributed by atoms with Crippen LogP contribution in [0.3, 0.4) is 0 Å². The number of aromatic hydroxyl groups is 1. The molecule has 2 rings (SSSR count). The normalized spacial score (nSPS) is 12.2. The SMILES string of the molecule is Cc1ccccc1OC(C)C(=O)N/N=C\c1cc(Br)c(O)c(Br)c1. The highest BCUT2D eigenvalue weighted by atomic mass is 79.9. The molecule has 0 aliphatic rings. The lowest BCUT2D eigenvalue weighted by Gasteiger charge is -2.14. The molecule has 2 aromatic carbocycles. The van der Waals surface area contributed by atoms with Gasteiger partial charge >= 0.3 is 0 Å². The van der Waals surface area contributed by atoms with Gasteiger partial charge in [0.25, 0.3) is 5.91 Å². The highest BCUT2D eigenvalue weighted by Gasteiger charge is 2.14. The van der Waals surface area contributed by atoms with Crippen LogP contribution in [-0.2, 0) is 4.79 Å². The summed E-state index contributed by atoms with van der Waals surface area (Å²) in [6, 6.07) is 10.9. The second-order valence-electron chi connectivity index (χ2n) is 5.09. The summed E-state index contributed by atoms with van der Waals surface area (Å²) in [4.78, 5) is 12.0. The summed E-state index contributed by atoms with van der Waals surface area (Å²) in [7, 11) is 0. The highest BCUT2D eigenvalue weighted by Crippen LogP contribution is 2.32. The van der Waals surface area contributed by atoms with Gasteiger partial charge in [-0.05, 0) is 75.0 Å². The molecular weight excluding hydrogens is 440 g/mol. The third kappa shape index (κ3) is 4.82. The maximum absolute atomic E-state index is 12.0. The number of ether oxygens (including phenoxy) is 1. The van der Waals surface area contributed by atoms with E-state index in [9.17, 15) is 9.90 Å². The zero-order valence-corrected chi connectivity index (χ0v) is 16.3. The molecule has 24 heavy (non-hydrogen) atoms. The Labute approximate surface area is 157 Å². The number of phenolic OH excluding ortho intramolecular Hbond substituents is 1. The fourth-order valence-corrected chi connectivity index (χ4v) is 3.08. The molecule has 0 heterocycles. The van der Waals surface area contributed by atoms with E-state index in [1.165, 1.54) is 6.21 Å². The van der Waals surface area contributed by atoms with Crippen LogP contribution in [0.2, 0.25) is 0 Å². The molecule has 1 atom stereocenters. The minimum Gasteiger partial charge on any atom is -0.506 e. The van der Waals surface area contributed by atoms with Gasteiger partial charge in [0.15, 0.2) is 6.10 Å². The lowest BCUT2D eigenvalue weighted by molar-refractivity contribution is -0.127. The topological polar surface area (TPSA) is 70.9 Å². The molecule has 5 nitrogen and oxygen atoms in total. The van der Waals surface area contributed by atoms with Gasteiger partial charge in [0, 0.05) is 0 Å². The van der Waals surface area contributed by atoms with Crippen molar-refractivity contribution < 1.29 is 14.6 Å². The number of aryl methyl sites for hydroxylation is 1. The van der Waals surface area contributed by atoms with Crippen LogP contribution in [0.4, 0.5) is 0 Å². The maximum atomic E-state index is 12.0. The smallest absolute Gasteiger partial charge is 0.280 e. The van der Waals surface area contributed by atoms with Gasteiger partial charge in [-0.15, -0.1) is 0 Å². The van der Waals surface area contributed by atoms with E-state index >= 15 is 0 Å². The first-order valence-corrected chi connectivity index (χ1v) is 8.70. The van der Waals surface area contributed by atoms with Gasteiger partial charge in [-0.2, -0.15) is 5.10 Å². The predicted octanol–water partition coefficient (Wildman–Crippen LogP) is 4.14. The van der Waals surface area contributed by atoms with Gasteiger partial charge in [0.2, 0.25) is 0 Å². The number of carbonyl (C=O) groups excluding carboxylic acids is 1. The number of benzene rings is 2. The van der Waals surface area contributed by atoms with Crippen molar-refractivity contribution >= 4 is 44.0 Å². The number of rotatable bonds is 5. The Morgan fingerprint density at radius 2 is 1.92 bits per heavy atom. The fourth-order valence-electron chi connectivity index (χ4n) is 1.85. The number of carbonyl (C=O) groups is 1. The van der Waals surface area contributed by atoms with E-state index in [2.05, 4.69) is 42.4 Å². The third-order valence-electron chi connectivity index (χ3n) is 3.19. The van der Waals surface area contributed by atoms with Crippen LogP contribution in [0.25, 0.3) is 0 Å². The van der Waals surface area contributed by atoms with Gasteiger partial charge in [-0.1, -0.05) is 18.2 Å². The van der Waals surface area contributed by atoms with E-state index in [1.54, 1.807) is 19.1 Å². The van der Waals surface area contributed by atoms with E-state index in [0.29, 0.717) is 20.3 Å². The van der Waals surface area contributed by atoms with Gasteiger partial charge in [-0.3, -0.25) is 4.79 Å². The van der Waals surface area contributed by atoms with Crippen LogP contribution < -0.4 is 10.2 Å².